The first-order valence-electron chi connectivity index (χ1n) is 10.4. The third-order valence-electron chi connectivity index (χ3n) is 6.14. The van der Waals surface area contributed by atoms with Crippen LogP contribution in [0, 0.1) is 11.8 Å². The van der Waals surface area contributed by atoms with Crippen LogP contribution >= 0.6 is 0 Å². The Morgan fingerprint density at radius 1 is 1.00 bits per heavy atom. The van der Waals surface area contributed by atoms with Crippen LogP contribution in [0.5, 0.6) is 5.75 Å². The minimum atomic E-state index is -4.79. The molecule has 3 amide bonds. The van der Waals surface area contributed by atoms with E-state index < -0.39 is 18.2 Å². The van der Waals surface area contributed by atoms with E-state index in [9.17, 15) is 27.6 Å². The average molecular weight is 439 g/mol. The fourth-order valence-electron chi connectivity index (χ4n) is 4.70. The van der Waals surface area contributed by atoms with Crippen LogP contribution in [0.25, 0.3) is 0 Å². The molecule has 168 valence electrons. The number of benzene rings is 1. The lowest BCUT2D eigenvalue weighted by Gasteiger charge is -2.22. The minimum absolute atomic E-state index is 0.112. The summed E-state index contributed by atoms with van der Waals surface area (Å²) in [5.41, 5.74) is 0.354. The number of nitrogens with zero attached hydrogens (tertiary/aromatic N) is 3. The summed E-state index contributed by atoms with van der Waals surface area (Å²) in [6.45, 7) is 2.34. The van der Waals surface area contributed by atoms with Crippen molar-refractivity contribution in [3.8, 4) is 5.75 Å². The fourth-order valence-corrected chi connectivity index (χ4v) is 4.70. The van der Waals surface area contributed by atoms with Gasteiger partial charge in [0.05, 0.1) is 11.8 Å². The summed E-state index contributed by atoms with van der Waals surface area (Å²) in [5.74, 6) is -1.58. The molecule has 1 aromatic rings. The summed E-state index contributed by atoms with van der Waals surface area (Å²) < 4.78 is 42.0. The Morgan fingerprint density at radius 2 is 1.68 bits per heavy atom. The Hall–Kier alpha value is -2.62. The van der Waals surface area contributed by atoms with Crippen molar-refractivity contribution in [2.45, 2.75) is 32.2 Å². The van der Waals surface area contributed by atoms with Crippen LogP contribution in [-0.2, 0) is 20.9 Å². The molecular formula is C21H24F3N3O4. The maximum Gasteiger partial charge on any atom is 0.573 e. The monoisotopic (exact) mass is 439 g/mol. The van der Waals surface area contributed by atoms with Gasteiger partial charge in [-0.2, -0.15) is 0 Å². The first-order valence-corrected chi connectivity index (χ1v) is 10.4. The predicted octanol–water partition coefficient (Wildman–Crippen LogP) is 2.01. The molecule has 3 saturated heterocycles. The van der Waals surface area contributed by atoms with Crippen molar-refractivity contribution in [2.24, 2.45) is 11.8 Å². The third kappa shape index (κ3) is 4.68. The fraction of sp³-hybridized carbons (Fsp3) is 0.571. The zero-order valence-electron chi connectivity index (χ0n) is 16.9. The Labute approximate surface area is 177 Å². The van der Waals surface area contributed by atoms with Crippen LogP contribution in [0.2, 0.25) is 0 Å². The number of ether oxygens (including phenoxy) is 1. The number of fused-ring (bicyclic) bond motifs is 1. The molecule has 1 aromatic carbocycles. The SMILES string of the molecule is O=C1CCCN1CCCN1C(=O)[C@H]2CN(Cc3ccccc3OC(F)(F)F)C[C@H]2C1=O. The molecule has 0 spiro atoms. The van der Waals surface area contributed by atoms with Gasteiger partial charge >= 0.3 is 6.36 Å². The van der Waals surface area contributed by atoms with Crippen molar-refractivity contribution in [3.63, 3.8) is 0 Å². The summed E-state index contributed by atoms with van der Waals surface area (Å²) in [4.78, 5) is 42.1. The largest absolute Gasteiger partial charge is 0.573 e. The van der Waals surface area contributed by atoms with Gasteiger partial charge in [-0.1, -0.05) is 18.2 Å². The summed E-state index contributed by atoms with van der Waals surface area (Å²) in [6.07, 6.45) is -2.84. The molecule has 4 rings (SSSR count). The molecular weight excluding hydrogens is 415 g/mol. The number of para-hydroxylation sites is 1. The number of amides is 3. The van der Waals surface area contributed by atoms with Gasteiger partial charge in [0.1, 0.15) is 5.75 Å². The van der Waals surface area contributed by atoms with Crippen LogP contribution in [0.1, 0.15) is 24.8 Å². The maximum atomic E-state index is 12.8. The Morgan fingerprint density at radius 3 is 2.29 bits per heavy atom. The molecule has 0 saturated carbocycles. The van der Waals surface area contributed by atoms with Gasteiger partial charge in [0.25, 0.3) is 0 Å². The van der Waals surface area contributed by atoms with E-state index in [0.717, 1.165) is 13.0 Å². The average Bonchev–Trinajstić information content (AvgIpc) is 3.36. The molecule has 3 aliphatic rings. The molecule has 31 heavy (non-hydrogen) atoms. The van der Waals surface area contributed by atoms with Crippen molar-refractivity contribution in [1.82, 2.24) is 14.7 Å². The lowest BCUT2D eigenvalue weighted by Crippen LogP contribution is -2.38. The first-order chi connectivity index (χ1) is 14.7. The highest BCUT2D eigenvalue weighted by Crippen LogP contribution is 2.35. The lowest BCUT2D eigenvalue weighted by molar-refractivity contribution is -0.275. The minimum Gasteiger partial charge on any atom is -0.405 e. The molecule has 10 heteroatoms. The van der Waals surface area contributed by atoms with Crippen LogP contribution in [-0.4, -0.2) is 71.5 Å². The van der Waals surface area contributed by atoms with Gasteiger partial charge in [-0.05, 0) is 18.9 Å². The van der Waals surface area contributed by atoms with Crippen LogP contribution in [0.4, 0.5) is 13.2 Å². The third-order valence-corrected chi connectivity index (χ3v) is 6.14. The highest BCUT2D eigenvalue weighted by atomic mass is 19.4. The number of rotatable bonds is 7. The second-order valence-electron chi connectivity index (χ2n) is 8.23. The molecule has 3 heterocycles. The molecule has 0 unspecified atom stereocenters. The number of halogens is 3. The second-order valence-corrected chi connectivity index (χ2v) is 8.23. The quantitative estimate of drug-likeness (QED) is 0.608. The number of hydrogen-bond acceptors (Lipinski definition) is 5. The van der Waals surface area contributed by atoms with Gasteiger partial charge in [-0.15, -0.1) is 13.2 Å². The van der Waals surface area contributed by atoms with Crippen molar-refractivity contribution < 1.29 is 32.3 Å². The van der Waals surface area contributed by atoms with Crippen molar-refractivity contribution in [1.29, 1.82) is 0 Å². The number of carbonyl (C=O) groups excluding carboxylic acids is 3. The molecule has 0 aliphatic carbocycles. The standard InChI is InChI=1S/C21H24F3N3O4/c22-21(23,24)31-17-6-2-1-5-14(17)11-25-12-15-16(13-25)20(30)27(19(15)29)10-4-9-26-8-3-7-18(26)28/h1-2,5-6,15-16H,3-4,7-13H2/t15-,16+. The highest BCUT2D eigenvalue weighted by Gasteiger charge is 2.52. The van der Waals surface area contributed by atoms with Crippen LogP contribution < -0.4 is 4.74 Å². The molecule has 0 aromatic heterocycles. The van der Waals surface area contributed by atoms with Crippen molar-refractivity contribution in [2.75, 3.05) is 32.7 Å². The van der Waals surface area contributed by atoms with Crippen LogP contribution in [0.15, 0.2) is 24.3 Å². The number of hydrogen-bond donors (Lipinski definition) is 0. The summed E-state index contributed by atoms with van der Waals surface area (Å²) in [5, 5.41) is 0. The Balaban J connectivity index is 1.33. The van der Waals surface area contributed by atoms with Gasteiger partial charge in [0, 0.05) is 51.3 Å². The van der Waals surface area contributed by atoms with Crippen molar-refractivity contribution in [3.05, 3.63) is 29.8 Å². The van der Waals surface area contributed by atoms with E-state index in [1.54, 1.807) is 17.0 Å². The second kappa shape index (κ2) is 8.49. The number of imide groups is 1. The lowest BCUT2D eigenvalue weighted by atomic mass is 10.00. The smallest absolute Gasteiger partial charge is 0.405 e. The number of likely N-dealkylation sites (tertiary alicyclic amines) is 3. The molecule has 3 fully saturated rings. The summed E-state index contributed by atoms with van der Waals surface area (Å²) in [6, 6.07) is 5.89. The molecule has 0 N–H and O–H groups in total. The normalized spacial score (nSPS) is 24.4. The van der Waals surface area contributed by atoms with E-state index in [1.165, 1.54) is 17.0 Å². The van der Waals surface area contributed by atoms with Gasteiger partial charge < -0.3 is 9.64 Å². The van der Waals surface area contributed by atoms with E-state index in [1.807, 2.05) is 4.90 Å². The molecule has 3 aliphatic heterocycles. The zero-order valence-corrected chi connectivity index (χ0v) is 16.9. The van der Waals surface area contributed by atoms with E-state index >= 15 is 0 Å². The van der Waals surface area contributed by atoms with Crippen molar-refractivity contribution >= 4 is 17.7 Å². The molecule has 0 bridgehead atoms. The van der Waals surface area contributed by atoms with E-state index in [0.29, 0.717) is 38.0 Å². The number of carbonyl (C=O) groups is 3. The summed E-state index contributed by atoms with van der Waals surface area (Å²) in [7, 11) is 0. The van der Waals surface area contributed by atoms with E-state index in [-0.39, 0.29) is 36.6 Å². The predicted molar refractivity (Wildman–Crippen MR) is 103 cm³/mol. The Kier molecular flexibility index (Phi) is 5.92. The Bertz CT molecular complexity index is 852. The van der Waals surface area contributed by atoms with Gasteiger partial charge in [0.15, 0.2) is 0 Å². The highest BCUT2D eigenvalue weighted by molar-refractivity contribution is 6.05. The zero-order chi connectivity index (χ0) is 22.2. The van der Waals surface area contributed by atoms with E-state index in [2.05, 4.69) is 4.74 Å². The molecule has 7 nitrogen and oxygen atoms in total. The van der Waals surface area contributed by atoms with Crippen LogP contribution in [0.3, 0.4) is 0 Å². The number of alkyl halides is 3. The van der Waals surface area contributed by atoms with Gasteiger partial charge in [-0.3, -0.25) is 24.2 Å². The van der Waals surface area contributed by atoms with Gasteiger partial charge in [0.2, 0.25) is 17.7 Å². The van der Waals surface area contributed by atoms with E-state index in [4.69, 9.17) is 0 Å². The maximum absolute atomic E-state index is 12.8. The molecule has 2 atom stereocenters. The summed E-state index contributed by atoms with van der Waals surface area (Å²) >= 11 is 0. The van der Waals surface area contributed by atoms with Gasteiger partial charge in [-0.25, -0.2) is 0 Å². The topological polar surface area (TPSA) is 70.2 Å². The molecule has 0 radical (unpaired) electrons. The first kappa shape index (κ1) is 21.6.